The van der Waals surface area contributed by atoms with Crippen LogP contribution in [0.2, 0.25) is 0 Å². The van der Waals surface area contributed by atoms with E-state index in [0.29, 0.717) is 11.3 Å². The van der Waals surface area contributed by atoms with Crippen LogP contribution in [0.25, 0.3) is 0 Å². The largest absolute Gasteiger partial charge is 0.356 e. The van der Waals surface area contributed by atoms with Crippen LogP contribution in [0.15, 0.2) is 29.3 Å². The summed E-state index contributed by atoms with van der Waals surface area (Å²) in [5.41, 5.74) is 2.62. The van der Waals surface area contributed by atoms with Gasteiger partial charge in [-0.2, -0.15) is 0 Å². The standard InChI is InChI=1S/C21H35N3OS.HI/c1-6-26(25)19-9-7-8-18(14-19)24-20(22-5)23-15-21(3,4)17-12-10-16(2)11-13-17;/h10-13,18-19H,6-9,14-15H2,1-5H3,(H2,22,23,24);1H. The molecule has 6 heteroatoms. The van der Waals surface area contributed by atoms with Gasteiger partial charge in [0.1, 0.15) is 0 Å². The van der Waals surface area contributed by atoms with Crippen LogP contribution < -0.4 is 10.6 Å². The van der Waals surface area contributed by atoms with Crippen LogP contribution >= 0.6 is 24.0 Å². The third-order valence-electron chi connectivity index (χ3n) is 5.38. The van der Waals surface area contributed by atoms with Crippen molar-refractivity contribution in [1.29, 1.82) is 0 Å². The zero-order valence-corrected chi connectivity index (χ0v) is 20.5. The quantitative estimate of drug-likeness (QED) is 0.347. The number of guanidine groups is 1. The molecule has 0 spiro atoms. The van der Waals surface area contributed by atoms with E-state index in [2.05, 4.69) is 60.7 Å². The number of nitrogens with one attached hydrogen (secondary N) is 2. The van der Waals surface area contributed by atoms with Crippen LogP contribution in [-0.4, -0.2) is 40.8 Å². The molecule has 3 atom stereocenters. The molecule has 0 aromatic heterocycles. The first-order valence-electron chi connectivity index (χ1n) is 9.77. The molecule has 1 saturated carbocycles. The minimum atomic E-state index is -0.696. The van der Waals surface area contributed by atoms with Crippen LogP contribution in [0, 0.1) is 6.92 Å². The Labute approximate surface area is 184 Å². The Kier molecular flexibility index (Phi) is 10.3. The third kappa shape index (κ3) is 7.37. The lowest BCUT2D eigenvalue weighted by molar-refractivity contribution is 0.410. The monoisotopic (exact) mass is 505 g/mol. The highest BCUT2D eigenvalue weighted by molar-refractivity contribution is 14.0. The summed E-state index contributed by atoms with van der Waals surface area (Å²) in [7, 11) is 1.12. The fourth-order valence-electron chi connectivity index (χ4n) is 3.55. The Morgan fingerprint density at radius 1 is 1.26 bits per heavy atom. The SMILES string of the molecule is CCS(=O)C1CCCC(NC(=NC)NCC(C)(C)c2ccc(C)cc2)C1.I. The molecule has 3 unspecified atom stereocenters. The molecular formula is C21H36IN3OS. The summed E-state index contributed by atoms with van der Waals surface area (Å²) in [5, 5.41) is 7.37. The smallest absolute Gasteiger partial charge is 0.191 e. The van der Waals surface area contributed by atoms with Crippen molar-refractivity contribution in [1.82, 2.24) is 10.6 Å². The summed E-state index contributed by atoms with van der Waals surface area (Å²) < 4.78 is 12.1. The lowest BCUT2D eigenvalue weighted by atomic mass is 9.84. The van der Waals surface area contributed by atoms with E-state index < -0.39 is 10.8 Å². The lowest BCUT2D eigenvalue weighted by Gasteiger charge is -2.32. The van der Waals surface area contributed by atoms with Gasteiger partial charge in [-0.25, -0.2) is 0 Å². The van der Waals surface area contributed by atoms with Gasteiger partial charge in [0.2, 0.25) is 0 Å². The Bertz CT molecular complexity index is 631. The molecule has 2 N–H and O–H groups in total. The van der Waals surface area contributed by atoms with E-state index >= 15 is 0 Å². The maximum atomic E-state index is 12.1. The van der Waals surface area contributed by atoms with Gasteiger partial charge >= 0.3 is 0 Å². The normalized spacial score (nSPS) is 21.9. The van der Waals surface area contributed by atoms with Gasteiger partial charge in [-0.15, -0.1) is 24.0 Å². The predicted molar refractivity (Wildman–Crippen MR) is 129 cm³/mol. The minimum Gasteiger partial charge on any atom is -0.356 e. The van der Waals surface area contributed by atoms with Crippen LogP contribution in [0.1, 0.15) is 57.6 Å². The van der Waals surface area contributed by atoms with E-state index in [1.54, 1.807) is 0 Å². The fourth-order valence-corrected chi connectivity index (χ4v) is 4.90. The molecule has 0 aliphatic heterocycles. The highest BCUT2D eigenvalue weighted by Crippen LogP contribution is 2.24. The molecule has 1 aliphatic carbocycles. The second kappa shape index (κ2) is 11.4. The topological polar surface area (TPSA) is 53.5 Å². The van der Waals surface area contributed by atoms with Gasteiger partial charge in [0, 0.05) is 46.9 Å². The molecule has 0 bridgehead atoms. The highest BCUT2D eigenvalue weighted by atomic mass is 127. The summed E-state index contributed by atoms with van der Waals surface area (Å²) in [6.45, 7) is 9.44. The van der Waals surface area contributed by atoms with Gasteiger partial charge in [-0.1, -0.05) is 57.0 Å². The first-order valence-corrected chi connectivity index (χ1v) is 11.2. The van der Waals surface area contributed by atoms with Gasteiger partial charge in [0.25, 0.3) is 0 Å². The highest BCUT2D eigenvalue weighted by Gasteiger charge is 2.27. The number of hydrogen-bond acceptors (Lipinski definition) is 2. The predicted octanol–water partition coefficient (Wildman–Crippen LogP) is 4.14. The van der Waals surface area contributed by atoms with Crippen LogP contribution in [0.4, 0.5) is 0 Å². The summed E-state index contributed by atoms with van der Waals surface area (Å²) in [5.74, 6) is 1.60. The lowest BCUT2D eigenvalue weighted by Crippen LogP contribution is -2.49. The van der Waals surface area contributed by atoms with Crippen molar-refractivity contribution in [2.24, 2.45) is 4.99 Å². The maximum absolute atomic E-state index is 12.1. The fraction of sp³-hybridized carbons (Fsp3) is 0.667. The van der Waals surface area contributed by atoms with Crippen molar-refractivity contribution in [3.05, 3.63) is 35.4 Å². The third-order valence-corrected chi connectivity index (χ3v) is 7.12. The molecule has 0 saturated heterocycles. The first-order chi connectivity index (χ1) is 12.4. The van der Waals surface area contributed by atoms with Gasteiger partial charge in [-0.05, 0) is 31.7 Å². The molecule has 1 fully saturated rings. The van der Waals surface area contributed by atoms with Crippen molar-refractivity contribution in [3.63, 3.8) is 0 Å². The zero-order valence-electron chi connectivity index (χ0n) is 17.4. The van der Waals surface area contributed by atoms with E-state index in [1.165, 1.54) is 11.1 Å². The molecule has 154 valence electrons. The number of benzene rings is 1. The Hall–Kier alpha value is -0.630. The van der Waals surface area contributed by atoms with Crippen molar-refractivity contribution in [3.8, 4) is 0 Å². The molecule has 4 nitrogen and oxygen atoms in total. The van der Waals surface area contributed by atoms with E-state index in [0.717, 1.165) is 43.9 Å². The Morgan fingerprint density at radius 3 is 2.52 bits per heavy atom. The summed E-state index contributed by atoms with van der Waals surface area (Å²) in [4.78, 5) is 4.40. The van der Waals surface area contributed by atoms with Gasteiger partial charge in [0.05, 0.1) is 0 Å². The second-order valence-electron chi connectivity index (χ2n) is 7.97. The molecule has 0 radical (unpaired) electrons. The number of hydrogen-bond donors (Lipinski definition) is 2. The van der Waals surface area contributed by atoms with Crippen LogP contribution in [-0.2, 0) is 16.2 Å². The average Bonchev–Trinajstić information content (AvgIpc) is 2.65. The molecule has 0 amide bonds. The number of nitrogens with zero attached hydrogens (tertiary/aromatic N) is 1. The summed E-state index contributed by atoms with van der Waals surface area (Å²) in [6.07, 6.45) is 4.33. The molecule has 1 aromatic rings. The molecule has 2 rings (SSSR count). The summed E-state index contributed by atoms with van der Waals surface area (Å²) >= 11 is 0. The van der Waals surface area contributed by atoms with Gasteiger partial charge in [0.15, 0.2) is 5.96 Å². The number of aryl methyl sites for hydroxylation is 1. The van der Waals surface area contributed by atoms with Gasteiger partial charge < -0.3 is 10.6 Å². The Morgan fingerprint density at radius 2 is 1.93 bits per heavy atom. The van der Waals surface area contributed by atoms with E-state index in [9.17, 15) is 4.21 Å². The van der Waals surface area contributed by atoms with Crippen molar-refractivity contribution in [2.75, 3.05) is 19.3 Å². The van der Waals surface area contributed by atoms with E-state index in [1.807, 2.05) is 14.0 Å². The number of halogens is 1. The Balaban J connectivity index is 0.00000364. The van der Waals surface area contributed by atoms with Crippen LogP contribution in [0.5, 0.6) is 0 Å². The number of aliphatic imine (C=N–C) groups is 1. The van der Waals surface area contributed by atoms with Crippen molar-refractivity contribution >= 4 is 40.7 Å². The van der Waals surface area contributed by atoms with Gasteiger partial charge in [-0.3, -0.25) is 9.20 Å². The van der Waals surface area contributed by atoms with E-state index in [4.69, 9.17) is 0 Å². The zero-order chi connectivity index (χ0) is 19.2. The van der Waals surface area contributed by atoms with E-state index in [-0.39, 0.29) is 29.4 Å². The molecule has 27 heavy (non-hydrogen) atoms. The second-order valence-corrected chi connectivity index (χ2v) is 9.98. The minimum absolute atomic E-state index is 0. The average molecular weight is 506 g/mol. The number of rotatable bonds is 6. The van der Waals surface area contributed by atoms with Crippen molar-refractivity contribution in [2.45, 2.75) is 70.1 Å². The maximum Gasteiger partial charge on any atom is 0.191 e. The molecule has 1 aliphatic rings. The molecule has 0 heterocycles. The molecular weight excluding hydrogens is 469 g/mol. The van der Waals surface area contributed by atoms with Crippen molar-refractivity contribution < 1.29 is 4.21 Å². The van der Waals surface area contributed by atoms with Crippen LogP contribution in [0.3, 0.4) is 0 Å². The molecule has 1 aromatic carbocycles. The first kappa shape index (κ1) is 24.4. The summed E-state index contributed by atoms with van der Waals surface area (Å²) in [6, 6.07) is 9.11.